The Morgan fingerprint density at radius 3 is 2.20 bits per heavy atom. The summed E-state index contributed by atoms with van der Waals surface area (Å²) in [6, 6.07) is 3.50. The Morgan fingerprint density at radius 1 is 1.30 bits per heavy atom. The second-order valence-electron chi connectivity index (χ2n) is 1.79. The molecular weight excluding hydrogens is 262 g/mol. The monoisotopic (exact) mass is 265 g/mol. The largest absolute Gasteiger partial charge is 0.619 e. The molecule has 0 bridgehead atoms. The zero-order valence-corrected chi connectivity index (χ0v) is 8.17. The van der Waals surface area contributed by atoms with E-state index in [2.05, 4.69) is 31.9 Å². The average molecular weight is 267 g/mol. The summed E-state index contributed by atoms with van der Waals surface area (Å²) in [6.45, 7) is 0. The van der Waals surface area contributed by atoms with Gasteiger partial charge in [0.15, 0.2) is 12.4 Å². The highest BCUT2D eigenvalue weighted by atomic mass is 79.9. The Hall–Kier alpha value is -0.0900. The topological polar surface area (TPSA) is 26.9 Å². The molecule has 0 atom stereocenters. The second kappa shape index (κ2) is 3.34. The summed E-state index contributed by atoms with van der Waals surface area (Å²) in [5.41, 5.74) is 1.03. The second-order valence-corrected chi connectivity index (χ2v) is 4.85. The molecule has 1 heterocycles. The van der Waals surface area contributed by atoms with Crippen LogP contribution in [0.3, 0.4) is 0 Å². The van der Waals surface area contributed by atoms with Crippen molar-refractivity contribution in [2.24, 2.45) is 0 Å². The van der Waals surface area contributed by atoms with Crippen LogP contribution in [0.25, 0.3) is 0 Å². The first-order valence-corrected chi connectivity index (χ1v) is 4.50. The van der Waals surface area contributed by atoms with Crippen LogP contribution in [0.5, 0.6) is 0 Å². The van der Waals surface area contributed by atoms with Gasteiger partial charge in [-0.15, -0.1) is 0 Å². The molecule has 0 fully saturated rings. The summed E-state index contributed by atoms with van der Waals surface area (Å²) in [5, 5.41) is 10.5. The molecular formula is C6H5Br2NO. The van der Waals surface area contributed by atoms with Crippen LogP contribution >= 0.6 is 31.9 Å². The van der Waals surface area contributed by atoms with Crippen molar-refractivity contribution in [2.75, 3.05) is 0 Å². The molecule has 4 heteroatoms. The molecule has 0 saturated carbocycles. The van der Waals surface area contributed by atoms with Crippen LogP contribution in [0, 0.1) is 5.21 Å². The lowest BCUT2D eigenvalue weighted by atomic mass is 10.3. The van der Waals surface area contributed by atoms with Crippen molar-refractivity contribution in [3.8, 4) is 0 Å². The summed E-state index contributed by atoms with van der Waals surface area (Å²) < 4.78 is 0.882. The molecule has 1 aromatic rings. The van der Waals surface area contributed by atoms with Gasteiger partial charge in [-0.1, -0.05) is 31.9 Å². The highest BCUT2D eigenvalue weighted by molar-refractivity contribution is 9.24. The fraction of sp³-hybridized carbons (Fsp3) is 0.167. The minimum Gasteiger partial charge on any atom is -0.619 e. The van der Waals surface area contributed by atoms with Gasteiger partial charge in [-0.25, -0.2) is 0 Å². The van der Waals surface area contributed by atoms with Crippen molar-refractivity contribution in [3.05, 3.63) is 35.3 Å². The molecule has 1 aromatic heterocycles. The summed E-state index contributed by atoms with van der Waals surface area (Å²) >= 11 is 6.62. The van der Waals surface area contributed by atoms with Crippen LogP contribution in [0.1, 0.15) is 9.30 Å². The number of hydrogen-bond acceptors (Lipinski definition) is 1. The Bertz CT molecular complexity index is 209. The molecule has 0 spiro atoms. The predicted molar refractivity (Wildman–Crippen MR) is 46.0 cm³/mol. The van der Waals surface area contributed by atoms with Gasteiger partial charge < -0.3 is 5.21 Å². The van der Waals surface area contributed by atoms with E-state index in [0.29, 0.717) is 0 Å². The minimum atomic E-state index is 0.126. The maximum Gasteiger partial charge on any atom is 0.180 e. The summed E-state index contributed by atoms with van der Waals surface area (Å²) in [7, 11) is 0. The van der Waals surface area contributed by atoms with Crippen molar-refractivity contribution < 1.29 is 4.73 Å². The van der Waals surface area contributed by atoms with Gasteiger partial charge in [-0.2, -0.15) is 4.73 Å². The van der Waals surface area contributed by atoms with Crippen molar-refractivity contribution in [2.45, 2.75) is 3.74 Å². The first kappa shape index (κ1) is 8.01. The van der Waals surface area contributed by atoms with Crippen LogP contribution in [-0.4, -0.2) is 0 Å². The van der Waals surface area contributed by atoms with E-state index in [1.165, 1.54) is 12.4 Å². The Kier molecular flexibility index (Phi) is 2.68. The molecule has 0 N–H and O–H groups in total. The number of pyridine rings is 1. The van der Waals surface area contributed by atoms with Crippen molar-refractivity contribution in [1.29, 1.82) is 0 Å². The van der Waals surface area contributed by atoms with Gasteiger partial charge in [0, 0.05) is 12.1 Å². The third kappa shape index (κ3) is 1.95. The fourth-order valence-electron chi connectivity index (χ4n) is 0.570. The molecule has 0 aromatic carbocycles. The highest BCUT2D eigenvalue weighted by Gasteiger charge is 2.01. The molecule has 0 aliphatic carbocycles. The van der Waals surface area contributed by atoms with Gasteiger partial charge in [0.25, 0.3) is 0 Å². The lowest BCUT2D eigenvalue weighted by Gasteiger charge is -1.99. The van der Waals surface area contributed by atoms with Gasteiger partial charge in [0.2, 0.25) is 0 Å². The van der Waals surface area contributed by atoms with E-state index in [-0.39, 0.29) is 3.74 Å². The first-order chi connectivity index (χ1) is 4.70. The van der Waals surface area contributed by atoms with Gasteiger partial charge in [0.1, 0.15) is 0 Å². The van der Waals surface area contributed by atoms with Gasteiger partial charge in [-0.3, -0.25) is 0 Å². The van der Waals surface area contributed by atoms with E-state index in [9.17, 15) is 5.21 Å². The molecule has 0 aliphatic heterocycles. The zero-order chi connectivity index (χ0) is 7.56. The molecule has 0 aliphatic rings. The highest BCUT2D eigenvalue weighted by Crippen LogP contribution is 2.27. The summed E-state index contributed by atoms with van der Waals surface area (Å²) in [6.07, 6.45) is 2.93. The Morgan fingerprint density at radius 2 is 1.80 bits per heavy atom. The third-order valence-corrected chi connectivity index (χ3v) is 2.14. The number of alkyl halides is 2. The number of hydrogen-bond donors (Lipinski definition) is 0. The van der Waals surface area contributed by atoms with E-state index in [4.69, 9.17) is 0 Å². The maximum absolute atomic E-state index is 10.5. The smallest absolute Gasteiger partial charge is 0.180 e. The van der Waals surface area contributed by atoms with E-state index in [1.54, 1.807) is 12.1 Å². The van der Waals surface area contributed by atoms with Crippen molar-refractivity contribution in [3.63, 3.8) is 0 Å². The maximum atomic E-state index is 10.5. The molecule has 0 radical (unpaired) electrons. The molecule has 1 rings (SSSR count). The predicted octanol–water partition coefficient (Wildman–Crippen LogP) is 2.11. The number of nitrogens with zero attached hydrogens (tertiary/aromatic N) is 1. The Balaban J connectivity index is 2.89. The fourth-order valence-corrected chi connectivity index (χ4v) is 1.18. The lowest BCUT2D eigenvalue weighted by molar-refractivity contribution is -0.605. The van der Waals surface area contributed by atoms with Crippen LogP contribution in [-0.2, 0) is 0 Å². The molecule has 0 unspecified atom stereocenters. The number of rotatable bonds is 1. The van der Waals surface area contributed by atoms with Crippen LogP contribution in [0.15, 0.2) is 24.5 Å². The van der Waals surface area contributed by atoms with E-state index in [1.807, 2.05) is 0 Å². The number of halogens is 2. The van der Waals surface area contributed by atoms with Crippen molar-refractivity contribution in [1.82, 2.24) is 0 Å². The van der Waals surface area contributed by atoms with Crippen LogP contribution in [0.2, 0.25) is 0 Å². The SMILES string of the molecule is [O-][n+]1ccc(C(Br)Br)cc1. The quantitative estimate of drug-likeness (QED) is 0.435. The molecule has 2 nitrogen and oxygen atoms in total. The first-order valence-electron chi connectivity index (χ1n) is 2.67. The lowest BCUT2D eigenvalue weighted by Crippen LogP contribution is -2.23. The van der Waals surface area contributed by atoms with Crippen molar-refractivity contribution >= 4 is 31.9 Å². The standard InChI is InChI=1S/C6H5Br2NO/c7-6(8)5-1-3-9(10)4-2-5/h1-4,6H. The van der Waals surface area contributed by atoms with Crippen LogP contribution in [0.4, 0.5) is 0 Å². The Labute approximate surface area is 75.7 Å². The van der Waals surface area contributed by atoms with E-state index < -0.39 is 0 Å². The normalized spacial score (nSPS) is 10.3. The van der Waals surface area contributed by atoms with Gasteiger partial charge >= 0.3 is 0 Å². The third-order valence-electron chi connectivity index (χ3n) is 1.08. The number of aromatic nitrogens is 1. The molecule has 0 saturated heterocycles. The summed E-state index contributed by atoms with van der Waals surface area (Å²) in [4.78, 5) is 0. The van der Waals surface area contributed by atoms with E-state index >= 15 is 0 Å². The average Bonchev–Trinajstić information content (AvgIpc) is 1.88. The van der Waals surface area contributed by atoms with E-state index in [0.717, 1.165) is 10.3 Å². The van der Waals surface area contributed by atoms with Crippen LogP contribution < -0.4 is 4.73 Å². The minimum absolute atomic E-state index is 0.126. The summed E-state index contributed by atoms with van der Waals surface area (Å²) in [5.74, 6) is 0. The van der Waals surface area contributed by atoms with Gasteiger partial charge in [-0.05, 0) is 5.56 Å². The van der Waals surface area contributed by atoms with Gasteiger partial charge in [0.05, 0.1) is 3.74 Å². The molecule has 0 amide bonds. The molecule has 54 valence electrons. The molecule has 10 heavy (non-hydrogen) atoms. The zero-order valence-electron chi connectivity index (χ0n) is 5.00.